The molecule has 120 valence electrons. The highest BCUT2D eigenvalue weighted by Crippen LogP contribution is 2.33. The van der Waals surface area contributed by atoms with Crippen LogP contribution in [-0.2, 0) is 0 Å². The average Bonchev–Trinajstić information content (AvgIpc) is 2.79. The summed E-state index contributed by atoms with van der Waals surface area (Å²) in [6, 6.07) is 7.31. The molecule has 0 spiro atoms. The largest absolute Gasteiger partial charge is 0.545 e. The summed E-state index contributed by atoms with van der Waals surface area (Å²) >= 11 is 0. The predicted octanol–water partition coefficient (Wildman–Crippen LogP) is 1.07. The van der Waals surface area contributed by atoms with E-state index in [0.29, 0.717) is 5.56 Å². The predicted molar refractivity (Wildman–Crippen MR) is 79.7 cm³/mol. The number of amides is 2. The van der Waals surface area contributed by atoms with Crippen molar-refractivity contribution in [1.82, 2.24) is 0 Å². The van der Waals surface area contributed by atoms with Gasteiger partial charge in [-0.1, -0.05) is 12.1 Å². The summed E-state index contributed by atoms with van der Waals surface area (Å²) in [6.45, 7) is 1.61. The van der Waals surface area contributed by atoms with Crippen molar-refractivity contribution in [3.05, 3.63) is 68.8 Å². The van der Waals surface area contributed by atoms with Gasteiger partial charge in [-0.05, 0) is 30.2 Å². The van der Waals surface area contributed by atoms with Gasteiger partial charge in [0.2, 0.25) is 0 Å². The monoisotopic (exact) mass is 325 g/mol. The van der Waals surface area contributed by atoms with Gasteiger partial charge in [0.25, 0.3) is 17.5 Å². The minimum Gasteiger partial charge on any atom is -0.545 e. The number of hydrogen-bond donors (Lipinski definition) is 0. The van der Waals surface area contributed by atoms with Crippen molar-refractivity contribution in [2.45, 2.75) is 6.92 Å². The Labute approximate surface area is 135 Å². The van der Waals surface area contributed by atoms with E-state index in [9.17, 15) is 29.6 Å². The molecule has 1 aliphatic rings. The van der Waals surface area contributed by atoms with Crippen LogP contribution in [0.25, 0.3) is 0 Å². The lowest BCUT2D eigenvalue weighted by Gasteiger charge is -2.16. The Hall–Kier alpha value is -3.55. The number of fused-ring (bicyclic) bond motifs is 1. The number of aromatic carboxylic acids is 1. The van der Waals surface area contributed by atoms with Crippen molar-refractivity contribution in [2.75, 3.05) is 4.90 Å². The van der Waals surface area contributed by atoms with Gasteiger partial charge in [0.15, 0.2) is 0 Å². The molecule has 0 saturated heterocycles. The Morgan fingerprint density at radius 1 is 1.04 bits per heavy atom. The third-order valence-electron chi connectivity index (χ3n) is 3.77. The first-order valence-electron chi connectivity index (χ1n) is 6.80. The molecule has 0 aliphatic carbocycles. The van der Waals surface area contributed by atoms with E-state index in [1.807, 2.05) is 0 Å². The molecule has 0 unspecified atom stereocenters. The van der Waals surface area contributed by atoms with Gasteiger partial charge in [0, 0.05) is 12.1 Å². The van der Waals surface area contributed by atoms with Gasteiger partial charge in [-0.25, -0.2) is 4.90 Å². The number of imide groups is 1. The molecule has 0 radical (unpaired) electrons. The van der Waals surface area contributed by atoms with Crippen LogP contribution in [0.3, 0.4) is 0 Å². The molecule has 1 heterocycles. The third kappa shape index (κ3) is 2.21. The molecular formula is C16H9N2O6-. The van der Waals surface area contributed by atoms with Gasteiger partial charge in [-0.15, -0.1) is 0 Å². The smallest absolute Gasteiger partial charge is 0.271 e. The highest BCUT2D eigenvalue weighted by Gasteiger charge is 2.38. The second-order valence-electron chi connectivity index (χ2n) is 5.22. The highest BCUT2D eigenvalue weighted by atomic mass is 16.6. The number of aryl methyl sites for hydroxylation is 1. The summed E-state index contributed by atoms with van der Waals surface area (Å²) in [5.74, 6) is -2.87. The number of rotatable bonds is 3. The van der Waals surface area contributed by atoms with Gasteiger partial charge in [-0.3, -0.25) is 19.7 Å². The molecule has 2 amide bonds. The maximum atomic E-state index is 12.5. The summed E-state index contributed by atoms with van der Waals surface area (Å²) in [7, 11) is 0. The molecule has 0 bridgehead atoms. The quantitative estimate of drug-likeness (QED) is 0.473. The Morgan fingerprint density at radius 2 is 1.71 bits per heavy atom. The van der Waals surface area contributed by atoms with E-state index in [2.05, 4.69) is 0 Å². The summed E-state index contributed by atoms with van der Waals surface area (Å²) in [4.78, 5) is 47.1. The lowest BCUT2D eigenvalue weighted by Crippen LogP contribution is -2.30. The van der Waals surface area contributed by atoms with E-state index in [1.165, 1.54) is 24.3 Å². The molecule has 2 aromatic carbocycles. The Kier molecular flexibility index (Phi) is 3.37. The fourth-order valence-electron chi connectivity index (χ4n) is 2.54. The molecule has 0 N–H and O–H groups in total. The lowest BCUT2D eigenvalue weighted by atomic mass is 10.1. The number of anilines is 1. The first-order chi connectivity index (χ1) is 11.3. The standard InChI is InChI=1S/C16H10N2O6/c1-8-2-4-10(18(23)24)7-13(8)17-14(19)11-5-3-9(16(21)22)6-12(11)15(17)20/h2-7H,1H3,(H,21,22)/p-1. The van der Waals surface area contributed by atoms with Crippen molar-refractivity contribution in [3.63, 3.8) is 0 Å². The van der Waals surface area contributed by atoms with E-state index in [0.717, 1.165) is 17.0 Å². The molecule has 0 atom stereocenters. The maximum Gasteiger partial charge on any atom is 0.271 e. The number of non-ortho nitro benzene ring substituents is 1. The van der Waals surface area contributed by atoms with Crippen LogP contribution < -0.4 is 10.0 Å². The summed E-state index contributed by atoms with van der Waals surface area (Å²) < 4.78 is 0. The van der Waals surface area contributed by atoms with Crippen molar-refractivity contribution >= 4 is 29.2 Å². The Balaban J connectivity index is 2.13. The molecule has 8 heteroatoms. The highest BCUT2D eigenvalue weighted by molar-refractivity contribution is 6.35. The number of carbonyl (C=O) groups excluding carboxylic acids is 3. The first-order valence-corrected chi connectivity index (χ1v) is 6.80. The van der Waals surface area contributed by atoms with E-state index < -0.39 is 22.7 Å². The number of nitro benzene ring substituents is 1. The zero-order chi connectivity index (χ0) is 17.6. The molecule has 2 aromatic rings. The van der Waals surface area contributed by atoms with Gasteiger partial charge in [0.1, 0.15) is 0 Å². The minimum atomic E-state index is -1.47. The summed E-state index contributed by atoms with van der Waals surface area (Å²) in [5.41, 5.74) is 0.0549. The van der Waals surface area contributed by atoms with Gasteiger partial charge in [0.05, 0.1) is 27.7 Å². The zero-order valence-corrected chi connectivity index (χ0v) is 12.3. The summed E-state index contributed by atoms with van der Waals surface area (Å²) in [6.07, 6.45) is 0. The van der Waals surface area contributed by atoms with E-state index >= 15 is 0 Å². The number of hydrogen-bond acceptors (Lipinski definition) is 6. The molecule has 0 aromatic heterocycles. The molecule has 8 nitrogen and oxygen atoms in total. The number of benzene rings is 2. The van der Waals surface area contributed by atoms with Gasteiger partial charge >= 0.3 is 0 Å². The Bertz CT molecular complexity index is 934. The van der Waals surface area contributed by atoms with E-state index in [1.54, 1.807) is 6.92 Å². The normalized spacial score (nSPS) is 13.1. The first kappa shape index (κ1) is 15.3. The number of carboxylic acids is 1. The Morgan fingerprint density at radius 3 is 2.33 bits per heavy atom. The SMILES string of the molecule is Cc1ccc([N+](=O)[O-])cc1N1C(=O)c2ccc(C(=O)[O-])cc2C1=O. The summed E-state index contributed by atoms with van der Waals surface area (Å²) in [5, 5.41) is 21.8. The molecular weight excluding hydrogens is 316 g/mol. The van der Waals surface area contributed by atoms with Crippen LogP contribution >= 0.6 is 0 Å². The number of carbonyl (C=O) groups is 3. The number of nitrogens with zero attached hydrogens (tertiary/aromatic N) is 2. The lowest BCUT2D eigenvalue weighted by molar-refractivity contribution is -0.384. The fourth-order valence-corrected chi connectivity index (χ4v) is 2.54. The molecule has 0 fully saturated rings. The third-order valence-corrected chi connectivity index (χ3v) is 3.77. The number of carboxylic acid groups (broad SMARTS) is 1. The number of nitro groups is 1. The fraction of sp³-hybridized carbons (Fsp3) is 0.0625. The van der Waals surface area contributed by atoms with Gasteiger partial charge in [-0.2, -0.15) is 0 Å². The molecule has 24 heavy (non-hydrogen) atoms. The molecule has 3 rings (SSSR count). The van der Waals surface area contributed by atoms with Crippen LogP contribution in [0.4, 0.5) is 11.4 Å². The van der Waals surface area contributed by atoms with Crippen LogP contribution in [0.15, 0.2) is 36.4 Å². The topological polar surface area (TPSA) is 121 Å². The molecule has 1 aliphatic heterocycles. The van der Waals surface area contributed by atoms with E-state index in [-0.39, 0.29) is 28.1 Å². The van der Waals surface area contributed by atoms with Crippen LogP contribution in [0.5, 0.6) is 0 Å². The van der Waals surface area contributed by atoms with Crippen LogP contribution in [0, 0.1) is 17.0 Å². The van der Waals surface area contributed by atoms with Crippen molar-refractivity contribution in [3.8, 4) is 0 Å². The maximum absolute atomic E-state index is 12.5. The van der Waals surface area contributed by atoms with Crippen molar-refractivity contribution in [1.29, 1.82) is 0 Å². The molecule has 0 saturated carbocycles. The second-order valence-corrected chi connectivity index (χ2v) is 5.22. The second kappa shape index (κ2) is 5.27. The zero-order valence-electron chi connectivity index (χ0n) is 12.3. The van der Waals surface area contributed by atoms with Crippen LogP contribution in [0.2, 0.25) is 0 Å². The van der Waals surface area contributed by atoms with Crippen LogP contribution in [-0.4, -0.2) is 22.7 Å². The van der Waals surface area contributed by atoms with Crippen molar-refractivity contribution in [2.24, 2.45) is 0 Å². The van der Waals surface area contributed by atoms with Crippen molar-refractivity contribution < 1.29 is 24.4 Å². The van der Waals surface area contributed by atoms with E-state index in [4.69, 9.17) is 0 Å². The van der Waals surface area contributed by atoms with Gasteiger partial charge < -0.3 is 9.90 Å². The average molecular weight is 325 g/mol. The van der Waals surface area contributed by atoms with Crippen LogP contribution in [0.1, 0.15) is 36.6 Å². The minimum absolute atomic E-state index is 0.0379.